The Hall–Kier alpha value is -1.36. The number of carboxylic acids is 1. The van der Waals surface area contributed by atoms with Crippen molar-refractivity contribution in [1.82, 2.24) is 5.32 Å². The van der Waals surface area contributed by atoms with E-state index in [1.54, 1.807) is 25.2 Å². The van der Waals surface area contributed by atoms with Gasteiger partial charge in [-0.25, -0.2) is 0 Å². The van der Waals surface area contributed by atoms with Crippen LogP contribution < -0.4 is 5.32 Å². The maximum atomic E-state index is 11.7. The Bertz CT molecular complexity index is 437. The number of amides is 1. The van der Waals surface area contributed by atoms with Crippen molar-refractivity contribution < 1.29 is 14.7 Å². The molecule has 4 nitrogen and oxygen atoms in total. The van der Waals surface area contributed by atoms with Crippen LogP contribution in [-0.2, 0) is 22.6 Å². The average molecular weight is 269 g/mol. The Morgan fingerprint density at radius 3 is 2.67 bits per heavy atom. The minimum absolute atomic E-state index is 0.00479. The second-order valence-electron chi connectivity index (χ2n) is 4.87. The lowest BCUT2D eigenvalue weighted by atomic mass is 9.89. The summed E-state index contributed by atoms with van der Waals surface area (Å²) in [5.41, 5.74) is 0.213. The standard InChI is InChI=1S/C13H19NO3S/c1-4-9-5-6-18-10(9)8-14-11(15)7-13(2,3)12(16)17/h5-6H,4,7-8H2,1-3H3,(H,14,15)(H,16,17). The molecule has 1 rings (SSSR count). The van der Waals surface area contributed by atoms with E-state index in [-0.39, 0.29) is 12.3 Å². The summed E-state index contributed by atoms with van der Waals surface area (Å²) in [5.74, 6) is -1.18. The third-order valence-corrected chi connectivity index (χ3v) is 3.81. The van der Waals surface area contributed by atoms with Gasteiger partial charge in [-0.2, -0.15) is 0 Å². The van der Waals surface area contributed by atoms with Gasteiger partial charge in [-0.1, -0.05) is 6.92 Å². The van der Waals surface area contributed by atoms with E-state index in [1.165, 1.54) is 5.56 Å². The van der Waals surface area contributed by atoms with Gasteiger partial charge < -0.3 is 10.4 Å². The van der Waals surface area contributed by atoms with Crippen molar-refractivity contribution in [3.63, 3.8) is 0 Å². The molecule has 5 heteroatoms. The maximum absolute atomic E-state index is 11.7. The molecule has 1 aromatic heterocycles. The lowest BCUT2D eigenvalue weighted by Crippen LogP contribution is -2.33. The van der Waals surface area contributed by atoms with Crippen molar-refractivity contribution in [2.75, 3.05) is 0 Å². The summed E-state index contributed by atoms with van der Waals surface area (Å²) in [5, 5.41) is 13.7. The van der Waals surface area contributed by atoms with Crippen LogP contribution in [0.25, 0.3) is 0 Å². The second kappa shape index (κ2) is 6.00. The first kappa shape index (κ1) is 14.7. The molecule has 0 saturated carbocycles. The number of hydrogen-bond acceptors (Lipinski definition) is 3. The van der Waals surface area contributed by atoms with Gasteiger partial charge in [0.2, 0.25) is 5.91 Å². The number of nitrogens with one attached hydrogen (secondary N) is 1. The quantitative estimate of drug-likeness (QED) is 0.833. The van der Waals surface area contributed by atoms with Crippen LogP contribution in [-0.4, -0.2) is 17.0 Å². The fourth-order valence-corrected chi connectivity index (χ4v) is 2.47. The van der Waals surface area contributed by atoms with Gasteiger partial charge in [0.1, 0.15) is 0 Å². The summed E-state index contributed by atoms with van der Waals surface area (Å²) >= 11 is 1.61. The zero-order valence-electron chi connectivity index (χ0n) is 10.9. The van der Waals surface area contributed by atoms with Crippen molar-refractivity contribution in [2.45, 2.75) is 40.2 Å². The summed E-state index contributed by atoms with van der Waals surface area (Å²) in [4.78, 5) is 23.7. The summed E-state index contributed by atoms with van der Waals surface area (Å²) in [6.07, 6.45) is 0.935. The number of aliphatic carboxylic acids is 1. The highest BCUT2D eigenvalue weighted by Crippen LogP contribution is 2.21. The number of rotatable bonds is 6. The first-order chi connectivity index (χ1) is 8.36. The maximum Gasteiger partial charge on any atom is 0.309 e. The van der Waals surface area contributed by atoms with Crippen molar-refractivity contribution >= 4 is 23.2 Å². The van der Waals surface area contributed by atoms with E-state index in [0.717, 1.165) is 11.3 Å². The van der Waals surface area contributed by atoms with Crippen LogP contribution in [0.3, 0.4) is 0 Å². The lowest BCUT2D eigenvalue weighted by molar-refractivity contribution is -0.149. The van der Waals surface area contributed by atoms with Gasteiger partial charge in [-0.3, -0.25) is 9.59 Å². The molecule has 0 unspecified atom stereocenters. The van der Waals surface area contributed by atoms with Crippen molar-refractivity contribution in [2.24, 2.45) is 5.41 Å². The topological polar surface area (TPSA) is 66.4 Å². The van der Waals surface area contributed by atoms with Crippen LogP contribution in [0.2, 0.25) is 0 Å². The number of carboxylic acid groups (broad SMARTS) is 1. The average Bonchev–Trinajstić information content (AvgIpc) is 2.72. The SMILES string of the molecule is CCc1ccsc1CNC(=O)CC(C)(C)C(=O)O. The van der Waals surface area contributed by atoms with E-state index in [0.29, 0.717) is 6.54 Å². The second-order valence-corrected chi connectivity index (χ2v) is 5.87. The Kier molecular flexibility index (Phi) is 4.90. The van der Waals surface area contributed by atoms with Gasteiger partial charge in [0.25, 0.3) is 0 Å². The molecule has 18 heavy (non-hydrogen) atoms. The lowest BCUT2D eigenvalue weighted by Gasteiger charge is -2.18. The van der Waals surface area contributed by atoms with Gasteiger partial charge in [-0.15, -0.1) is 11.3 Å². The third-order valence-electron chi connectivity index (χ3n) is 2.85. The van der Waals surface area contributed by atoms with E-state index >= 15 is 0 Å². The monoisotopic (exact) mass is 269 g/mol. The number of aryl methyl sites for hydroxylation is 1. The molecule has 0 atom stereocenters. The fraction of sp³-hybridized carbons (Fsp3) is 0.538. The molecule has 0 aromatic carbocycles. The molecule has 1 amide bonds. The smallest absolute Gasteiger partial charge is 0.309 e. The number of carbonyl (C=O) groups excluding carboxylic acids is 1. The van der Waals surface area contributed by atoms with Crippen molar-refractivity contribution in [3.8, 4) is 0 Å². The Balaban J connectivity index is 2.50. The van der Waals surface area contributed by atoms with Crippen LogP contribution in [0, 0.1) is 5.41 Å². The molecule has 0 bridgehead atoms. The Labute approximate surface area is 111 Å². The van der Waals surface area contributed by atoms with E-state index in [1.807, 2.05) is 11.4 Å². The Morgan fingerprint density at radius 1 is 1.44 bits per heavy atom. The number of thiophene rings is 1. The largest absolute Gasteiger partial charge is 0.481 e. The number of hydrogen-bond donors (Lipinski definition) is 2. The van der Waals surface area contributed by atoms with Gasteiger partial charge >= 0.3 is 5.97 Å². The Morgan fingerprint density at radius 2 is 2.11 bits per heavy atom. The third kappa shape index (κ3) is 3.84. The zero-order valence-corrected chi connectivity index (χ0v) is 11.8. The molecular formula is C13H19NO3S. The molecule has 100 valence electrons. The summed E-state index contributed by atoms with van der Waals surface area (Å²) in [6, 6.07) is 2.05. The van der Waals surface area contributed by atoms with E-state index in [9.17, 15) is 9.59 Å². The summed E-state index contributed by atoms with van der Waals surface area (Å²) in [7, 11) is 0. The van der Waals surface area contributed by atoms with Crippen molar-refractivity contribution in [3.05, 3.63) is 21.9 Å². The highest BCUT2D eigenvalue weighted by molar-refractivity contribution is 7.10. The van der Waals surface area contributed by atoms with Crippen LogP contribution >= 0.6 is 11.3 Å². The molecule has 0 radical (unpaired) electrons. The molecule has 2 N–H and O–H groups in total. The molecule has 1 aromatic rings. The minimum atomic E-state index is -1.02. The first-order valence-electron chi connectivity index (χ1n) is 5.92. The molecule has 0 aliphatic rings. The van der Waals surface area contributed by atoms with Crippen LogP contribution in [0.5, 0.6) is 0 Å². The molecule has 0 saturated heterocycles. The molecule has 1 heterocycles. The van der Waals surface area contributed by atoms with E-state index in [4.69, 9.17) is 5.11 Å². The van der Waals surface area contributed by atoms with Crippen molar-refractivity contribution in [1.29, 1.82) is 0 Å². The predicted molar refractivity (Wildman–Crippen MR) is 71.6 cm³/mol. The zero-order chi connectivity index (χ0) is 13.8. The highest BCUT2D eigenvalue weighted by atomic mass is 32.1. The van der Waals surface area contributed by atoms with E-state index < -0.39 is 11.4 Å². The molecule has 0 fully saturated rings. The normalized spacial score (nSPS) is 11.3. The molecule has 0 aliphatic carbocycles. The van der Waals surface area contributed by atoms with Gasteiger partial charge in [-0.05, 0) is 37.3 Å². The number of carbonyl (C=O) groups is 2. The van der Waals surface area contributed by atoms with Gasteiger partial charge in [0.15, 0.2) is 0 Å². The van der Waals surface area contributed by atoms with Gasteiger partial charge in [0, 0.05) is 11.3 Å². The summed E-state index contributed by atoms with van der Waals surface area (Å²) < 4.78 is 0. The van der Waals surface area contributed by atoms with Crippen LogP contribution in [0.4, 0.5) is 0 Å². The first-order valence-corrected chi connectivity index (χ1v) is 6.80. The van der Waals surface area contributed by atoms with Crippen LogP contribution in [0.1, 0.15) is 37.6 Å². The molecular weight excluding hydrogens is 250 g/mol. The summed E-state index contributed by atoms with van der Waals surface area (Å²) in [6.45, 7) is 5.66. The molecule has 0 aliphatic heterocycles. The molecule has 0 spiro atoms. The fourth-order valence-electron chi connectivity index (χ4n) is 1.56. The van der Waals surface area contributed by atoms with E-state index in [2.05, 4.69) is 12.2 Å². The van der Waals surface area contributed by atoms with Gasteiger partial charge in [0.05, 0.1) is 12.0 Å². The predicted octanol–water partition coefficient (Wildman–Crippen LogP) is 2.43. The van der Waals surface area contributed by atoms with Crippen LogP contribution in [0.15, 0.2) is 11.4 Å². The highest BCUT2D eigenvalue weighted by Gasteiger charge is 2.29. The minimum Gasteiger partial charge on any atom is -0.481 e.